The maximum Gasteiger partial charge on any atom is 0.405 e. The zero-order valence-electron chi connectivity index (χ0n) is 13.2. The van der Waals surface area contributed by atoms with E-state index in [0.717, 1.165) is 4.31 Å². The van der Waals surface area contributed by atoms with Crippen molar-refractivity contribution in [1.82, 2.24) is 19.2 Å². The normalized spacial score (nSPS) is 19.8. The van der Waals surface area contributed by atoms with Gasteiger partial charge in [-0.3, -0.25) is 4.90 Å². The molecule has 0 aromatic rings. The van der Waals surface area contributed by atoms with Gasteiger partial charge in [-0.05, 0) is 5.92 Å². The van der Waals surface area contributed by atoms with Gasteiger partial charge in [-0.25, -0.2) is 4.72 Å². The van der Waals surface area contributed by atoms with E-state index in [0.29, 0.717) is 13.1 Å². The molecule has 132 valence electrons. The molecule has 0 amide bonds. The summed E-state index contributed by atoms with van der Waals surface area (Å²) in [5.41, 5.74) is 0. The number of piperazine rings is 1. The quantitative estimate of drug-likeness (QED) is 0.693. The molecular formula is C12H25F3N4O2S. The zero-order valence-corrected chi connectivity index (χ0v) is 14.0. The Morgan fingerprint density at radius 1 is 1.27 bits per heavy atom. The highest BCUT2D eigenvalue weighted by atomic mass is 32.2. The Morgan fingerprint density at radius 2 is 1.82 bits per heavy atom. The van der Waals surface area contributed by atoms with Crippen LogP contribution in [-0.2, 0) is 10.2 Å². The van der Waals surface area contributed by atoms with Crippen molar-refractivity contribution in [3.63, 3.8) is 0 Å². The minimum Gasteiger partial charge on any atom is -0.314 e. The Bertz CT molecular complexity index is 436. The third kappa shape index (κ3) is 5.99. The van der Waals surface area contributed by atoms with Gasteiger partial charge >= 0.3 is 6.18 Å². The maximum atomic E-state index is 13.2. The number of rotatable bonds is 7. The molecule has 1 saturated heterocycles. The van der Waals surface area contributed by atoms with Crippen molar-refractivity contribution in [2.45, 2.75) is 26.1 Å². The van der Waals surface area contributed by atoms with Gasteiger partial charge in [0.05, 0.1) is 0 Å². The second-order valence-electron chi connectivity index (χ2n) is 5.87. The van der Waals surface area contributed by atoms with Gasteiger partial charge in [-0.1, -0.05) is 13.8 Å². The van der Waals surface area contributed by atoms with Crippen LogP contribution in [0.3, 0.4) is 0 Å². The van der Waals surface area contributed by atoms with Gasteiger partial charge in [-0.15, -0.1) is 0 Å². The van der Waals surface area contributed by atoms with Crippen LogP contribution in [0.2, 0.25) is 0 Å². The molecule has 0 aromatic heterocycles. The highest BCUT2D eigenvalue weighted by molar-refractivity contribution is 7.87. The predicted molar refractivity (Wildman–Crippen MR) is 78.7 cm³/mol. The minimum absolute atomic E-state index is 0.0909. The van der Waals surface area contributed by atoms with Gasteiger partial charge in [0.2, 0.25) is 0 Å². The molecule has 0 aromatic carbocycles. The number of hydrogen-bond acceptors (Lipinski definition) is 4. The van der Waals surface area contributed by atoms with Crippen molar-refractivity contribution in [1.29, 1.82) is 0 Å². The molecule has 1 aliphatic heterocycles. The first-order chi connectivity index (χ1) is 10.0. The standard InChI is InChI=1S/C12H25F3N4O2S/c1-10(2)9-18(3)22(20,21)17-8-11(12(13,14)15)19-6-4-16-5-7-19/h10-11,16-17H,4-9H2,1-3H3. The van der Waals surface area contributed by atoms with E-state index in [9.17, 15) is 21.6 Å². The van der Waals surface area contributed by atoms with Crippen molar-refractivity contribution in [2.75, 3.05) is 46.3 Å². The Hall–Kier alpha value is -0.420. The molecule has 0 saturated carbocycles. The number of alkyl halides is 3. The molecule has 22 heavy (non-hydrogen) atoms. The van der Waals surface area contributed by atoms with Crippen LogP contribution in [0.1, 0.15) is 13.8 Å². The third-order valence-corrected chi connectivity index (χ3v) is 4.96. The monoisotopic (exact) mass is 346 g/mol. The summed E-state index contributed by atoms with van der Waals surface area (Å²) < 4.78 is 66.7. The predicted octanol–water partition coefficient (Wildman–Crippen LogP) is 0.245. The Kier molecular flexibility index (Phi) is 7.06. The van der Waals surface area contributed by atoms with Crippen LogP contribution >= 0.6 is 0 Å². The fourth-order valence-corrected chi connectivity index (χ4v) is 3.44. The summed E-state index contributed by atoms with van der Waals surface area (Å²) in [6.07, 6.45) is -4.48. The second-order valence-corrected chi connectivity index (χ2v) is 7.73. The second kappa shape index (κ2) is 7.91. The molecule has 1 atom stereocenters. The SMILES string of the molecule is CC(C)CN(C)S(=O)(=O)NCC(N1CCNCC1)C(F)(F)F. The van der Waals surface area contributed by atoms with E-state index in [-0.39, 0.29) is 25.6 Å². The largest absolute Gasteiger partial charge is 0.405 e. The summed E-state index contributed by atoms with van der Waals surface area (Å²) in [7, 11) is -2.55. The van der Waals surface area contributed by atoms with E-state index in [1.54, 1.807) is 0 Å². The van der Waals surface area contributed by atoms with Crippen LogP contribution in [-0.4, -0.2) is 76.2 Å². The van der Waals surface area contributed by atoms with Crippen LogP contribution in [0.5, 0.6) is 0 Å². The van der Waals surface area contributed by atoms with Crippen molar-refractivity contribution < 1.29 is 21.6 Å². The average Bonchev–Trinajstić information content (AvgIpc) is 2.37. The number of nitrogens with zero attached hydrogens (tertiary/aromatic N) is 2. The fourth-order valence-electron chi connectivity index (χ4n) is 2.35. The van der Waals surface area contributed by atoms with Crippen LogP contribution < -0.4 is 10.0 Å². The van der Waals surface area contributed by atoms with Gasteiger partial charge in [0.1, 0.15) is 6.04 Å². The maximum absolute atomic E-state index is 13.2. The summed E-state index contributed by atoms with van der Waals surface area (Å²) >= 11 is 0. The highest BCUT2D eigenvalue weighted by Gasteiger charge is 2.44. The topological polar surface area (TPSA) is 64.7 Å². The number of hydrogen-bond donors (Lipinski definition) is 2. The third-order valence-electron chi connectivity index (χ3n) is 3.46. The number of nitrogens with one attached hydrogen (secondary N) is 2. The first-order valence-corrected chi connectivity index (χ1v) is 8.70. The van der Waals surface area contributed by atoms with Crippen LogP contribution in [0.15, 0.2) is 0 Å². The first kappa shape index (κ1) is 19.6. The average molecular weight is 346 g/mol. The summed E-state index contributed by atoms with van der Waals surface area (Å²) in [5.74, 6) is 0.0909. The molecule has 6 nitrogen and oxygen atoms in total. The molecule has 1 rings (SSSR count). The minimum atomic E-state index is -4.48. The van der Waals surface area contributed by atoms with Crippen LogP contribution in [0.25, 0.3) is 0 Å². The summed E-state index contributed by atoms with van der Waals surface area (Å²) in [4.78, 5) is 1.27. The van der Waals surface area contributed by atoms with Crippen molar-refractivity contribution in [2.24, 2.45) is 5.92 Å². The summed E-state index contributed by atoms with van der Waals surface area (Å²) in [5, 5.41) is 2.98. The van der Waals surface area contributed by atoms with E-state index in [1.165, 1.54) is 11.9 Å². The first-order valence-electron chi connectivity index (χ1n) is 7.26. The smallest absolute Gasteiger partial charge is 0.314 e. The van der Waals surface area contributed by atoms with E-state index >= 15 is 0 Å². The van der Waals surface area contributed by atoms with E-state index in [1.807, 2.05) is 13.8 Å². The summed E-state index contributed by atoms with van der Waals surface area (Å²) in [6.45, 7) is 4.67. The lowest BCUT2D eigenvalue weighted by Crippen LogP contribution is -2.58. The lowest BCUT2D eigenvalue weighted by molar-refractivity contribution is -0.182. The number of halogens is 3. The fraction of sp³-hybridized carbons (Fsp3) is 1.00. The molecule has 0 radical (unpaired) electrons. The van der Waals surface area contributed by atoms with Crippen molar-refractivity contribution in [3.05, 3.63) is 0 Å². The molecular weight excluding hydrogens is 321 g/mol. The molecule has 10 heteroatoms. The van der Waals surface area contributed by atoms with Crippen LogP contribution in [0, 0.1) is 5.92 Å². The van der Waals surface area contributed by atoms with Gasteiger partial charge in [0, 0.05) is 46.3 Å². The Labute approximate surface area is 130 Å². The summed E-state index contributed by atoms with van der Waals surface area (Å²) in [6, 6.07) is -1.81. The molecule has 0 spiro atoms. The molecule has 1 heterocycles. The van der Waals surface area contributed by atoms with Gasteiger partial charge in [0.25, 0.3) is 10.2 Å². The van der Waals surface area contributed by atoms with Gasteiger partial charge in [-0.2, -0.15) is 25.9 Å². The lowest BCUT2D eigenvalue weighted by Gasteiger charge is -2.36. The van der Waals surface area contributed by atoms with Crippen molar-refractivity contribution in [3.8, 4) is 0 Å². The van der Waals surface area contributed by atoms with Crippen molar-refractivity contribution >= 4 is 10.2 Å². The molecule has 1 aliphatic rings. The molecule has 1 fully saturated rings. The molecule has 0 bridgehead atoms. The molecule has 1 unspecified atom stereocenters. The van der Waals surface area contributed by atoms with E-state index in [2.05, 4.69) is 10.0 Å². The van der Waals surface area contributed by atoms with Gasteiger partial charge in [0.15, 0.2) is 0 Å². The molecule has 0 aliphatic carbocycles. The Balaban J connectivity index is 2.70. The zero-order chi connectivity index (χ0) is 17.0. The Morgan fingerprint density at radius 3 is 2.27 bits per heavy atom. The highest BCUT2D eigenvalue weighted by Crippen LogP contribution is 2.25. The lowest BCUT2D eigenvalue weighted by atomic mass is 10.2. The van der Waals surface area contributed by atoms with Crippen LogP contribution in [0.4, 0.5) is 13.2 Å². The van der Waals surface area contributed by atoms with Gasteiger partial charge < -0.3 is 5.32 Å². The van der Waals surface area contributed by atoms with E-state index < -0.39 is 29.0 Å². The van der Waals surface area contributed by atoms with E-state index in [4.69, 9.17) is 0 Å². The molecule has 2 N–H and O–H groups in total.